The Balaban J connectivity index is 2.59. The molecule has 1 nitrogen and oxygen atoms in total. The summed E-state index contributed by atoms with van der Waals surface area (Å²) in [5, 5.41) is 8.75. The molecule has 0 heterocycles. The molecule has 0 saturated heterocycles. The van der Waals surface area contributed by atoms with E-state index in [-0.39, 0.29) is 0 Å². The number of halogens is 5. The molecular weight excluding hydrogens is 289 g/mol. The monoisotopic (exact) mass is 297 g/mol. The molecule has 108 valence electrons. The van der Waals surface area contributed by atoms with Crippen LogP contribution in [0.25, 0.3) is 0 Å². The molecule has 2 aromatic rings. The maximum absolute atomic E-state index is 14.2. The fourth-order valence-corrected chi connectivity index (χ4v) is 1.88. The van der Waals surface area contributed by atoms with Crippen molar-refractivity contribution in [3.63, 3.8) is 0 Å². The Bertz CT molecular complexity index is 689. The van der Waals surface area contributed by atoms with E-state index >= 15 is 0 Å². The first-order valence-electron chi connectivity index (χ1n) is 5.82. The maximum Gasteiger partial charge on any atom is 0.341 e. The highest BCUT2D eigenvalue weighted by molar-refractivity contribution is 5.43. The van der Waals surface area contributed by atoms with Gasteiger partial charge in [-0.25, -0.2) is 4.39 Å². The summed E-state index contributed by atoms with van der Waals surface area (Å²) >= 11 is 0. The van der Waals surface area contributed by atoms with Crippen LogP contribution in [0.2, 0.25) is 0 Å². The van der Waals surface area contributed by atoms with E-state index in [1.165, 1.54) is 24.3 Å². The number of rotatable bonds is 3. The van der Waals surface area contributed by atoms with Gasteiger partial charge in [0, 0.05) is 11.1 Å². The molecule has 0 N–H and O–H groups in total. The minimum Gasteiger partial charge on any atom is -0.207 e. The van der Waals surface area contributed by atoms with Crippen LogP contribution in [0.1, 0.15) is 16.7 Å². The number of alkyl halides is 4. The van der Waals surface area contributed by atoms with Gasteiger partial charge in [0.1, 0.15) is 5.82 Å². The van der Waals surface area contributed by atoms with E-state index in [2.05, 4.69) is 0 Å². The van der Waals surface area contributed by atoms with Gasteiger partial charge >= 0.3 is 11.8 Å². The Morgan fingerprint density at radius 1 is 0.857 bits per heavy atom. The first-order chi connectivity index (χ1) is 9.80. The van der Waals surface area contributed by atoms with Gasteiger partial charge in [0.05, 0.1) is 11.6 Å². The predicted octanol–water partition coefficient (Wildman–Crippen LogP) is 4.58. The summed E-state index contributed by atoms with van der Waals surface area (Å²) in [5.41, 5.74) is -2.92. The Morgan fingerprint density at radius 2 is 1.48 bits per heavy atom. The number of hydrogen-bond donors (Lipinski definition) is 0. The third kappa shape index (κ3) is 2.47. The number of nitriles is 1. The van der Waals surface area contributed by atoms with Crippen LogP contribution < -0.4 is 0 Å². The summed E-state index contributed by atoms with van der Waals surface area (Å²) in [5.74, 6) is -10.1. The van der Waals surface area contributed by atoms with Crippen LogP contribution in [-0.4, -0.2) is 0 Å². The molecule has 0 aromatic heterocycles. The second-order valence-corrected chi connectivity index (χ2v) is 4.32. The Hall–Kier alpha value is -2.42. The summed E-state index contributed by atoms with van der Waals surface area (Å²) in [6, 6.07) is 8.49. The highest BCUT2D eigenvalue weighted by Crippen LogP contribution is 2.50. The van der Waals surface area contributed by atoms with Crippen molar-refractivity contribution in [2.45, 2.75) is 11.8 Å². The summed E-state index contributed by atoms with van der Waals surface area (Å²) in [6.45, 7) is 0. The van der Waals surface area contributed by atoms with Gasteiger partial charge in [-0.2, -0.15) is 22.8 Å². The lowest BCUT2D eigenvalue weighted by Gasteiger charge is -2.27. The Labute approximate surface area is 117 Å². The van der Waals surface area contributed by atoms with Gasteiger partial charge in [0.2, 0.25) is 0 Å². The third-order valence-electron chi connectivity index (χ3n) is 2.97. The van der Waals surface area contributed by atoms with Gasteiger partial charge in [0.15, 0.2) is 0 Å². The zero-order valence-corrected chi connectivity index (χ0v) is 10.5. The lowest BCUT2D eigenvalue weighted by molar-refractivity contribution is -0.224. The maximum atomic E-state index is 14.2. The lowest BCUT2D eigenvalue weighted by atomic mass is 9.93. The van der Waals surface area contributed by atoms with Crippen LogP contribution in [0, 0.1) is 17.1 Å². The van der Waals surface area contributed by atoms with Gasteiger partial charge in [-0.15, -0.1) is 0 Å². The summed E-state index contributed by atoms with van der Waals surface area (Å²) < 4.78 is 69.5. The minimum atomic E-state index is -4.65. The second kappa shape index (κ2) is 5.17. The summed E-state index contributed by atoms with van der Waals surface area (Å²) in [4.78, 5) is 0. The summed E-state index contributed by atoms with van der Waals surface area (Å²) in [6.07, 6.45) is 0. The first-order valence-corrected chi connectivity index (χ1v) is 5.82. The molecule has 21 heavy (non-hydrogen) atoms. The van der Waals surface area contributed by atoms with Crippen molar-refractivity contribution in [2.24, 2.45) is 0 Å². The Morgan fingerprint density at radius 3 is 2.05 bits per heavy atom. The zero-order chi connectivity index (χ0) is 15.7. The number of nitrogens with zero attached hydrogens (tertiary/aromatic N) is 1. The molecule has 0 spiro atoms. The standard InChI is InChI=1S/C15H8F5N/c16-12-6-7-13(10(8-12)9-21)15(19,20)14(17,18)11-4-2-1-3-5-11/h1-8H. The molecule has 6 heteroatoms. The molecule has 2 rings (SSSR count). The minimum absolute atomic E-state index is 0.504. The van der Waals surface area contributed by atoms with Gasteiger partial charge in [-0.3, -0.25) is 0 Å². The van der Waals surface area contributed by atoms with Crippen LogP contribution in [0.4, 0.5) is 22.0 Å². The van der Waals surface area contributed by atoms with Crippen molar-refractivity contribution in [2.75, 3.05) is 0 Å². The van der Waals surface area contributed by atoms with E-state index in [4.69, 9.17) is 5.26 Å². The van der Waals surface area contributed by atoms with Crippen molar-refractivity contribution in [3.8, 4) is 6.07 Å². The third-order valence-corrected chi connectivity index (χ3v) is 2.97. The number of hydrogen-bond acceptors (Lipinski definition) is 1. The van der Waals surface area contributed by atoms with Crippen LogP contribution >= 0.6 is 0 Å². The molecule has 0 bridgehead atoms. The summed E-state index contributed by atoms with van der Waals surface area (Å²) in [7, 11) is 0. The molecule has 0 atom stereocenters. The molecule has 0 radical (unpaired) electrons. The molecule has 0 saturated carbocycles. The fraction of sp³-hybridized carbons (Fsp3) is 0.133. The molecule has 0 fully saturated rings. The van der Waals surface area contributed by atoms with Crippen LogP contribution in [-0.2, 0) is 11.8 Å². The second-order valence-electron chi connectivity index (χ2n) is 4.32. The van der Waals surface area contributed by atoms with E-state index in [0.29, 0.717) is 18.2 Å². The van der Waals surface area contributed by atoms with Crippen molar-refractivity contribution in [1.82, 2.24) is 0 Å². The van der Waals surface area contributed by atoms with Crippen LogP contribution in [0.15, 0.2) is 48.5 Å². The van der Waals surface area contributed by atoms with E-state index in [1.54, 1.807) is 0 Å². The van der Waals surface area contributed by atoms with E-state index in [1.807, 2.05) is 0 Å². The normalized spacial score (nSPS) is 12.0. The zero-order valence-electron chi connectivity index (χ0n) is 10.5. The first kappa shape index (κ1) is 15.0. The molecular formula is C15H8F5N. The largest absolute Gasteiger partial charge is 0.341 e. The van der Waals surface area contributed by atoms with E-state index in [0.717, 1.165) is 12.1 Å². The SMILES string of the molecule is N#Cc1cc(F)ccc1C(F)(F)C(F)(F)c1ccccc1. The van der Waals surface area contributed by atoms with E-state index < -0.39 is 34.4 Å². The lowest BCUT2D eigenvalue weighted by Crippen LogP contribution is -2.36. The van der Waals surface area contributed by atoms with E-state index in [9.17, 15) is 22.0 Å². The highest BCUT2D eigenvalue weighted by atomic mass is 19.3. The Kier molecular flexibility index (Phi) is 3.69. The van der Waals surface area contributed by atoms with Crippen molar-refractivity contribution in [1.29, 1.82) is 5.26 Å². The molecule has 0 aliphatic heterocycles. The molecule has 0 aliphatic rings. The molecule has 0 unspecified atom stereocenters. The van der Waals surface area contributed by atoms with Crippen molar-refractivity contribution < 1.29 is 22.0 Å². The van der Waals surface area contributed by atoms with Crippen molar-refractivity contribution >= 4 is 0 Å². The predicted molar refractivity (Wildman–Crippen MR) is 65.3 cm³/mol. The molecule has 0 amide bonds. The number of benzene rings is 2. The average molecular weight is 297 g/mol. The molecule has 2 aromatic carbocycles. The van der Waals surface area contributed by atoms with Gasteiger partial charge < -0.3 is 0 Å². The van der Waals surface area contributed by atoms with Crippen molar-refractivity contribution in [3.05, 3.63) is 71.0 Å². The van der Waals surface area contributed by atoms with Crippen LogP contribution in [0.3, 0.4) is 0 Å². The van der Waals surface area contributed by atoms with Gasteiger partial charge in [0.25, 0.3) is 0 Å². The van der Waals surface area contributed by atoms with Gasteiger partial charge in [-0.1, -0.05) is 30.3 Å². The highest BCUT2D eigenvalue weighted by Gasteiger charge is 2.59. The fourth-order valence-electron chi connectivity index (χ4n) is 1.88. The topological polar surface area (TPSA) is 23.8 Å². The quantitative estimate of drug-likeness (QED) is 0.761. The molecule has 0 aliphatic carbocycles. The smallest absolute Gasteiger partial charge is 0.207 e. The van der Waals surface area contributed by atoms with Crippen LogP contribution in [0.5, 0.6) is 0 Å². The average Bonchev–Trinajstić information content (AvgIpc) is 2.47. The van der Waals surface area contributed by atoms with Gasteiger partial charge in [-0.05, 0) is 18.2 Å².